The normalized spacial score (nSPS) is 11.3. The molecule has 0 fully saturated rings. The van der Waals surface area contributed by atoms with Crippen molar-refractivity contribution in [3.05, 3.63) is 47.3 Å². The summed E-state index contributed by atoms with van der Waals surface area (Å²) in [6.07, 6.45) is 0.743. The molecule has 1 heteroatoms. The third-order valence-corrected chi connectivity index (χ3v) is 3.10. The van der Waals surface area contributed by atoms with Crippen LogP contribution in [-0.4, -0.2) is 0 Å². The molecular formula is C15H17F. The van der Waals surface area contributed by atoms with E-state index in [0.717, 1.165) is 22.8 Å². The Balaban J connectivity index is 2.87. The first-order valence-electron chi connectivity index (χ1n) is 5.85. The SMILES string of the molecule is CCc1c(F)ccc2cccc(C(C)C)c12. The van der Waals surface area contributed by atoms with Crippen molar-refractivity contribution in [1.29, 1.82) is 0 Å². The van der Waals surface area contributed by atoms with Gasteiger partial charge in [0.1, 0.15) is 5.82 Å². The van der Waals surface area contributed by atoms with Gasteiger partial charge >= 0.3 is 0 Å². The van der Waals surface area contributed by atoms with E-state index in [1.165, 1.54) is 5.56 Å². The van der Waals surface area contributed by atoms with Gasteiger partial charge in [-0.25, -0.2) is 4.39 Å². The molecular weight excluding hydrogens is 199 g/mol. The van der Waals surface area contributed by atoms with Gasteiger partial charge in [0.25, 0.3) is 0 Å². The average molecular weight is 216 g/mol. The van der Waals surface area contributed by atoms with Gasteiger partial charge in [-0.3, -0.25) is 0 Å². The van der Waals surface area contributed by atoms with E-state index in [1.807, 2.05) is 13.0 Å². The number of benzene rings is 2. The smallest absolute Gasteiger partial charge is 0.127 e. The molecule has 0 saturated carbocycles. The molecule has 0 bridgehead atoms. The summed E-state index contributed by atoms with van der Waals surface area (Å²) in [5.41, 5.74) is 2.09. The van der Waals surface area contributed by atoms with E-state index in [9.17, 15) is 4.39 Å². The number of halogens is 1. The monoisotopic (exact) mass is 216 g/mol. The minimum absolute atomic E-state index is 0.0805. The summed E-state index contributed by atoms with van der Waals surface area (Å²) in [5, 5.41) is 2.25. The highest BCUT2D eigenvalue weighted by Gasteiger charge is 2.11. The van der Waals surface area contributed by atoms with Crippen LogP contribution in [0.25, 0.3) is 10.8 Å². The number of aryl methyl sites for hydroxylation is 1. The number of hydrogen-bond donors (Lipinski definition) is 0. The molecule has 0 spiro atoms. The van der Waals surface area contributed by atoms with Crippen molar-refractivity contribution in [2.45, 2.75) is 33.1 Å². The van der Waals surface area contributed by atoms with Crippen LogP contribution in [0.5, 0.6) is 0 Å². The van der Waals surface area contributed by atoms with Gasteiger partial charge in [-0.05, 0) is 40.3 Å². The second-order valence-corrected chi connectivity index (χ2v) is 4.48. The molecule has 84 valence electrons. The maximum atomic E-state index is 13.8. The lowest BCUT2D eigenvalue weighted by molar-refractivity contribution is 0.614. The summed E-state index contributed by atoms with van der Waals surface area (Å²) in [7, 11) is 0. The summed E-state index contributed by atoms with van der Waals surface area (Å²) in [5.74, 6) is 0.346. The summed E-state index contributed by atoms with van der Waals surface area (Å²) < 4.78 is 13.8. The first-order valence-corrected chi connectivity index (χ1v) is 5.85. The Morgan fingerprint density at radius 3 is 2.50 bits per heavy atom. The zero-order chi connectivity index (χ0) is 11.7. The lowest BCUT2D eigenvalue weighted by Crippen LogP contribution is -1.96. The number of hydrogen-bond acceptors (Lipinski definition) is 0. The van der Waals surface area contributed by atoms with Crippen LogP contribution in [0.2, 0.25) is 0 Å². The van der Waals surface area contributed by atoms with Crippen molar-refractivity contribution in [1.82, 2.24) is 0 Å². The molecule has 16 heavy (non-hydrogen) atoms. The molecule has 2 rings (SSSR count). The van der Waals surface area contributed by atoms with E-state index in [0.29, 0.717) is 5.92 Å². The molecule has 0 unspecified atom stereocenters. The van der Waals surface area contributed by atoms with Crippen LogP contribution in [-0.2, 0) is 6.42 Å². The van der Waals surface area contributed by atoms with Gasteiger partial charge < -0.3 is 0 Å². The second-order valence-electron chi connectivity index (χ2n) is 4.48. The Morgan fingerprint density at radius 2 is 1.88 bits per heavy atom. The largest absolute Gasteiger partial charge is 0.207 e. The molecule has 0 saturated heterocycles. The van der Waals surface area contributed by atoms with Crippen molar-refractivity contribution in [2.24, 2.45) is 0 Å². The molecule has 2 aromatic carbocycles. The molecule has 0 amide bonds. The minimum atomic E-state index is -0.0805. The fraction of sp³-hybridized carbons (Fsp3) is 0.333. The highest BCUT2D eigenvalue weighted by molar-refractivity contribution is 5.89. The Morgan fingerprint density at radius 1 is 1.12 bits per heavy atom. The van der Waals surface area contributed by atoms with E-state index in [4.69, 9.17) is 0 Å². The number of fused-ring (bicyclic) bond motifs is 1. The average Bonchev–Trinajstić information content (AvgIpc) is 2.28. The molecule has 0 radical (unpaired) electrons. The number of rotatable bonds is 2. The van der Waals surface area contributed by atoms with Crippen molar-refractivity contribution in [3.8, 4) is 0 Å². The van der Waals surface area contributed by atoms with Crippen LogP contribution in [0.3, 0.4) is 0 Å². The van der Waals surface area contributed by atoms with E-state index in [2.05, 4.69) is 32.0 Å². The lowest BCUT2D eigenvalue weighted by atomic mass is 9.92. The Hall–Kier alpha value is -1.37. The topological polar surface area (TPSA) is 0 Å². The van der Waals surface area contributed by atoms with Gasteiger partial charge in [0.05, 0.1) is 0 Å². The lowest BCUT2D eigenvalue weighted by Gasteiger charge is -2.14. The van der Waals surface area contributed by atoms with E-state index in [1.54, 1.807) is 6.07 Å². The zero-order valence-electron chi connectivity index (χ0n) is 10.0. The summed E-state index contributed by atoms with van der Waals surface area (Å²) >= 11 is 0. The van der Waals surface area contributed by atoms with Crippen LogP contribution < -0.4 is 0 Å². The maximum absolute atomic E-state index is 13.8. The van der Waals surface area contributed by atoms with Crippen LogP contribution >= 0.6 is 0 Å². The van der Waals surface area contributed by atoms with E-state index < -0.39 is 0 Å². The highest BCUT2D eigenvalue weighted by Crippen LogP contribution is 2.30. The predicted molar refractivity (Wildman–Crippen MR) is 67.4 cm³/mol. The molecule has 2 aromatic rings. The first-order chi connectivity index (χ1) is 7.65. The first kappa shape index (κ1) is 11.1. The van der Waals surface area contributed by atoms with Gasteiger partial charge in [-0.1, -0.05) is 45.0 Å². The third-order valence-electron chi connectivity index (χ3n) is 3.10. The standard InChI is InChI=1S/C15H17F/c1-4-12-14(16)9-8-11-6-5-7-13(10(2)3)15(11)12/h5-10H,4H2,1-3H3. The molecule has 0 nitrogen and oxygen atoms in total. The molecule has 0 aromatic heterocycles. The molecule has 0 heterocycles. The van der Waals surface area contributed by atoms with E-state index >= 15 is 0 Å². The fourth-order valence-corrected chi connectivity index (χ4v) is 2.29. The van der Waals surface area contributed by atoms with Crippen LogP contribution in [0.4, 0.5) is 4.39 Å². The van der Waals surface area contributed by atoms with Gasteiger partial charge in [-0.15, -0.1) is 0 Å². The molecule has 0 aliphatic rings. The van der Waals surface area contributed by atoms with Gasteiger partial charge in [0.15, 0.2) is 0 Å². The van der Waals surface area contributed by atoms with Gasteiger partial charge in [0.2, 0.25) is 0 Å². The zero-order valence-corrected chi connectivity index (χ0v) is 10.0. The molecule has 0 atom stereocenters. The summed E-state index contributed by atoms with van der Waals surface area (Å²) in [6.45, 7) is 6.31. The Labute approximate surface area is 96.1 Å². The van der Waals surface area contributed by atoms with Crippen LogP contribution in [0.15, 0.2) is 30.3 Å². The quantitative estimate of drug-likeness (QED) is 0.684. The highest BCUT2D eigenvalue weighted by atomic mass is 19.1. The Kier molecular flexibility index (Phi) is 2.95. The summed E-state index contributed by atoms with van der Waals surface area (Å²) in [4.78, 5) is 0. The van der Waals surface area contributed by atoms with Crippen LogP contribution in [0.1, 0.15) is 37.8 Å². The van der Waals surface area contributed by atoms with Crippen molar-refractivity contribution < 1.29 is 4.39 Å². The molecule has 0 aliphatic carbocycles. The Bertz CT molecular complexity index is 512. The molecule has 0 aliphatic heterocycles. The van der Waals surface area contributed by atoms with Gasteiger partial charge in [0, 0.05) is 0 Å². The van der Waals surface area contributed by atoms with Crippen molar-refractivity contribution >= 4 is 10.8 Å². The second kappa shape index (κ2) is 4.25. The van der Waals surface area contributed by atoms with E-state index in [-0.39, 0.29) is 5.82 Å². The molecule has 0 N–H and O–H groups in total. The minimum Gasteiger partial charge on any atom is -0.207 e. The van der Waals surface area contributed by atoms with Crippen molar-refractivity contribution in [3.63, 3.8) is 0 Å². The fourth-order valence-electron chi connectivity index (χ4n) is 2.29. The van der Waals surface area contributed by atoms with Crippen molar-refractivity contribution in [2.75, 3.05) is 0 Å². The predicted octanol–water partition coefficient (Wildman–Crippen LogP) is 4.66. The van der Waals surface area contributed by atoms with Gasteiger partial charge in [-0.2, -0.15) is 0 Å². The summed E-state index contributed by atoms with van der Waals surface area (Å²) in [6, 6.07) is 9.65. The maximum Gasteiger partial charge on any atom is 0.127 e. The van der Waals surface area contributed by atoms with Crippen LogP contribution in [0, 0.1) is 5.82 Å². The third kappa shape index (κ3) is 1.71.